The summed E-state index contributed by atoms with van der Waals surface area (Å²) in [5.74, 6) is 3.00. The summed E-state index contributed by atoms with van der Waals surface area (Å²) < 4.78 is 6.16. The number of furan rings is 1. The van der Waals surface area contributed by atoms with E-state index >= 15 is 0 Å². The molecule has 0 saturated heterocycles. The number of nitrogens with two attached hydrogens (primary N) is 1. The molecule has 7 nitrogen and oxygen atoms in total. The zero-order valence-corrected chi connectivity index (χ0v) is 19.0. The van der Waals surface area contributed by atoms with E-state index in [4.69, 9.17) is 21.8 Å². The highest BCUT2D eigenvalue weighted by atomic mass is 35.5. The average Bonchev–Trinajstić information content (AvgIpc) is 3.29. The molecule has 8 heteroatoms. The molecule has 2 aromatic rings. The van der Waals surface area contributed by atoms with Crippen molar-refractivity contribution in [2.24, 2.45) is 17.8 Å². The summed E-state index contributed by atoms with van der Waals surface area (Å²) in [6.45, 7) is 6.56. The van der Waals surface area contributed by atoms with Crippen LogP contribution in [0.3, 0.4) is 0 Å². The number of aliphatic hydroxyl groups is 1. The van der Waals surface area contributed by atoms with Gasteiger partial charge in [-0.1, -0.05) is 31.2 Å². The molecule has 0 aliphatic heterocycles. The van der Waals surface area contributed by atoms with E-state index in [9.17, 15) is 5.11 Å². The predicted octanol–water partition coefficient (Wildman–Crippen LogP) is 4.05. The van der Waals surface area contributed by atoms with Crippen LogP contribution in [0.4, 0.5) is 11.8 Å². The normalized spacial score (nSPS) is 24.8. The smallest absolute Gasteiger partial charge is 0.223 e. The fourth-order valence-corrected chi connectivity index (χ4v) is 4.88. The Balaban J connectivity index is 1.65. The van der Waals surface area contributed by atoms with Crippen LogP contribution in [0.5, 0.6) is 0 Å². The maximum atomic E-state index is 9.55. The molecule has 4 atom stereocenters. The van der Waals surface area contributed by atoms with Crippen LogP contribution in [-0.4, -0.2) is 46.7 Å². The highest BCUT2D eigenvalue weighted by Crippen LogP contribution is 2.41. The van der Waals surface area contributed by atoms with Crippen molar-refractivity contribution < 1.29 is 9.52 Å². The van der Waals surface area contributed by atoms with Gasteiger partial charge in [0.05, 0.1) is 5.56 Å². The van der Waals surface area contributed by atoms with Crippen LogP contribution in [-0.2, 0) is 6.42 Å². The lowest BCUT2D eigenvalue weighted by molar-refractivity contribution is 0.226. The van der Waals surface area contributed by atoms with Gasteiger partial charge in [-0.05, 0) is 48.8 Å². The number of nitrogens with zero attached hydrogens (tertiary/aromatic N) is 3. The molecule has 4 rings (SSSR count). The Morgan fingerprint density at radius 2 is 2.16 bits per heavy atom. The van der Waals surface area contributed by atoms with Crippen LogP contribution in [0.15, 0.2) is 28.8 Å². The van der Waals surface area contributed by atoms with Gasteiger partial charge in [0.25, 0.3) is 0 Å². The third-order valence-electron chi connectivity index (χ3n) is 6.45. The van der Waals surface area contributed by atoms with E-state index in [1.807, 2.05) is 31.1 Å². The second kappa shape index (κ2) is 8.55. The number of nitrogens with one attached hydrogen (secondary N) is 1. The standard InChI is InChI=1S/C23H30ClN5O2/c1-12-7-14(11-30)8-17(12)26-22-20(21(24)27-23(25)28-22)19-10-16-9-15(13(2)29(3)4)5-6-18(16)31-19/h5-6,10,12,14-15,17,30H,2,7-9,11H2,1,3-4H3,(H3,25,26,27,28)/t12-,14-,15?,17-/m1/s1. The number of aliphatic hydroxyl groups excluding tert-OH is 1. The first-order chi connectivity index (χ1) is 14.8. The van der Waals surface area contributed by atoms with Crippen molar-refractivity contribution in [3.63, 3.8) is 0 Å². The summed E-state index contributed by atoms with van der Waals surface area (Å²) in [5.41, 5.74) is 8.66. The summed E-state index contributed by atoms with van der Waals surface area (Å²) in [5, 5.41) is 13.3. The number of allylic oxidation sites excluding steroid dienone is 1. The van der Waals surface area contributed by atoms with Crippen LogP contribution in [0, 0.1) is 17.8 Å². The highest BCUT2D eigenvalue weighted by Gasteiger charge is 2.32. The third-order valence-corrected chi connectivity index (χ3v) is 6.73. The van der Waals surface area contributed by atoms with Gasteiger partial charge in [0, 0.05) is 38.4 Å². The Kier molecular flexibility index (Phi) is 5.99. The summed E-state index contributed by atoms with van der Waals surface area (Å²) in [7, 11) is 4.00. The molecule has 0 amide bonds. The minimum absolute atomic E-state index is 0.110. The molecular weight excluding hydrogens is 414 g/mol. The first-order valence-electron chi connectivity index (χ1n) is 10.6. The van der Waals surface area contributed by atoms with Crippen LogP contribution in [0.25, 0.3) is 17.4 Å². The number of hydrogen-bond acceptors (Lipinski definition) is 7. The summed E-state index contributed by atoms with van der Waals surface area (Å²) >= 11 is 6.52. The van der Waals surface area contributed by atoms with Crippen molar-refractivity contribution in [1.29, 1.82) is 0 Å². The Hall–Kier alpha value is -2.51. The molecule has 0 aromatic carbocycles. The number of aromatic nitrogens is 2. The first-order valence-corrected chi connectivity index (χ1v) is 11.0. The van der Waals surface area contributed by atoms with Crippen LogP contribution >= 0.6 is 11.6 Å². The van der Waals surface area contributed by atoms with Gasteiger partial charge in [-0.3, -0.25) is 0 Å². The monoisotopic (exact) mass is 443 g/mol. The Morgan fingerprint density at radius 3 is 2.84 bits per heavy atom. The quantitative estimate of drug-likeness (QED) is 0.579. The number of rotatable bonds is 6. The van der Waals surface area contributed by atoms with Crippen molar-refractivity contribution >= 4 is 29.4 Å². The fourth-order valence-electron chi connectivity index (χ4n) is 4.61. The largest absolute Gasteiger partial charge is 0.456 e. The number of hydrogen-bond donors (Lipinski definition) is 3. The fraction of sp³-hybridized carbons (Fsp3) is 0.478. The lowest BCUT2D eigenvalue weighted by Gasteiger charge is -2.24. The Morgan fingerprint density at radius 1 is 1.39 bits per heavy atom. The molecule has 2 heterocycles. The third kappa shape index (κ3) is 4.29. The number of nitrogen functional groups attached to an aromatic ring is 1. The van der Waals surface area contributed by atoms with Crippen molar-refractivity contribution in [2.75, 3.05) is 31.8 Å². The molecule has 0 radical (unpaired) electrons. The molecule has 4 N–H and O–H groups in total. The summed E-state index contributed by atoms with van der Waals surface area (Å²) in [6, 6.07) is 2.17. The van der Waals surface area contributed by atoms with Gasteiger partial charge in [0.15, 0.2) is 0 Å². The minimum Gasteiger partial charge on any atom is -0.456 e. The van der Waals surface area contributed by atoms with Gasteiger partial charge in [-0.25, -0.2) is 4.98 Å². The van der Waals surface area contributed by atoms with E-state index in [1.54, 1.807) is 0 Å². The molecule has 1 saturated carbocycles. The topological polar surface area (TPSA) is 100 Å². The van der Waals surface area contributed by atoms with E-state index in [0.717, 1.165) is 36.3 Å². The molecule has 0 bridgehead atoms. The molecular formula is C23H30ClN5O2. The molecule has 2 aliphatic rings. The van der Waals surface area contributed by atoms with E-state index in [0.29, 0.717) is 23.1 Å². The SMILES string of the molecule is C=C(C1C=Cc2oc(-c3c(Cl)nc(N)nc3N[C@@H]3C[C@H](CO)C[C@H]3C)cc2C1)N(C)C. The summed E-state index contributed by atoms with van der Waals surface area (Å²) in [4.78, 5) is 10.6. The van der Waals surface area contributed by atoms with E-state index in [-0.39, 0.29) is 35.6 Å². The van der Waals surface area contributed by atoms with Gasteiger partial charge in [-0.2, -0.15) is 4.98 Å². The van der Waals surface area contributed by atoms with Gasteiger partial charge in [0.1, 0.15) is 22.5 Å². The zero-order valence-electron chi connectivity index (χ0n) is 18.2. The Bertz CT molecular complexity index is 1020. The van der Waals surface area contributed by atoms with Gasteiger partial charge >= 0.3 is 0 Å². The van der Waals surface area contributed by atoms with E-state index < -0.39 is 0 Å². The van der Waals surface area contributed by atoms with E-state index in [1.165, 1.54) is 0 Å². The molecule has 2 aromatic heterocycles. The van der Waals surface area contributed by atoms with Crippen LogP contribution < -0.4 is 11.1 Å². The predicted molar refractivity (Wildman–Crippen MR) is 125 cm³/mol. The maximum Gasteiger partial charge on any atom is 0.223 e. The van der Waals surface area contributed by atoms with Gasteiger partial charge in [-0.15, -0.1) is 0 Å². The molecule has 2 aliphatic carbocycles. The van der Waals surface area contributed by atoms with Crippen molar-refractivity contribution in [3.05, 3.63) is 40.9 Å². The van der Waals surface area contributed by atoms with Gasteiger partial charge in [0.2, 0.25) is 5.95 Å². The van der Waals surface area contributed by atoms with Crippen LogP contribution in [0.1, 0.15) is 31.1 Å². The zero-order chi connectivity index (χ0) is 22.3. The molecule has 31 heavy (non-hydrogen) atoms. The second-order valence-corrected chi connectivity index (χ2v) is 9.26. The van der Waals surface area contributed by atoms with Crippen molar-refractivity contribution in [1.82, 2.24) is 14.9 Å². The maximum absolute atomic E-state index is 9.55. The summed E-state index contributed by atoms with van der Waals surface area (Å²) in [6.07, 6.45) is 6.75. The van der Waals surface area contributed by atoms with Crippen molar-refractivity contribution in [3.8, 4) is 11.3 Å². The highest BCUT2D eigenvalue weighted by molar-refractivity contribution is 6.32. The number of halogens is 1. The van der Waals surface area contributed by atoms with Gasteiger partial charge < -0.3 is 25.5 Å². The van der Waals surface area contributed by atoms with E-state index in [2.05, 4.69) is 34.9 Å². The van der Waals surface area contributed by atoms with Crippen LogP contribution in [0.2, 0.25) is 5.15 Å². The first kappa shape index (κ1) is 21.7. The lowest BCUT2D eigenvalue weighted by atomic mass is 9.91. The average molecular weight is 444 g/mol. The number of fused-ring (bicyclic) bond motifs is 1. The molecule has 0 spiro atoms. The second-order valence-electron chi connectivity index (χ2n) is 8.90. The lowest BCUT2D eigenvalue weighted by Crippen LogP contribution is -2.23. The number of anilines is 2. The molecule has 1 fully saturated rings. The minimum atomic E-state index is 0.110. The Labute approximate surface area is 188 Å². The molecule has 166 valence electrons. The van der Waals surface area contributed by atoms with Crippen molar-refractivity contribution in [2.45, 2.75) is 32.2 Å². The molecule has 1 unspecified atom stereocenters.